The van der Waals surface area contributed by atoms with Crippen molar-refractivity contribution in [3.8, 4) is 24.0 Å². The van der Waals surface area contributed by atoms with Gasteiger partial charge in [0.25, 0.3) is 0 Å². The Morgan fingerprint density at radius 2 is 1.75 bits per heavy atom. The molecule has 188 valence electrons. The standard InChI is InChI=1S/C27H30O.C5H8O.C2H2/c1-6-24-22(14-23-15-26(23)24)13-19(4)28-16-21-11-8-12-25(20(21)5)27-17(2)9-7-10-18(27)3;6-4-5-2-1-3-5;1-2/h6-13,23,26H,4,14-16H2,1-3,5H3;4-5H,1-3H2;1-2H/b22-13-,24-6+;;/t23-,26+;;/m0../s1. The molecular weight excluding hydrogens is 440 g/mol. The summed E-state index contributed by atoms with van der Waals surface area (Å²) in [6, 6.07) is 13.0. The van der Waals surface area contributed by atoms with Gasteiger partial charge in [-0.25, -0.2) is 0 Å². The van der Waals surface area contributed by atoms with E-state index in [9.17, 15) is 4.79 Å². The van der Waals surface area contributed by atoms with E-state index in [1.54, 1.807) is 0 Å². The quantitative estimate of drug-likeness (QED) is 0.235. The number of aldehydes is 1. The molecule has 2 aromatic carbocycles. The predicted octanol–water partition coefficient (Wildman–Crippen LogP) is 8.46. The van der Waals surface area contributed by atoms with E-state index in [4.69, 9.17) is 4.74 Å². The van der Waals surface area contributed by atoms with Gasteiger partial charge in [-0.2, -0.15) is 0 Å². The highest BCUT2D eigenvalue weighted by Gasteiger charge is 2.46. The molecule has 3 aliphatic carbocycles. The van der Waals surface area contributed by atoms with Gasteiger partial charge >= 0.3 is 0 Å². The lowest BCUT2D eigenvalue weighted by molar-refractivity contribution is -0.113. The van der Waals surface area contributed by atoms with Gasteiger partial charge in [0.05, 0.1) is 0 Å². The molecule has 0 aliphatic heterocycles. The number of ether oxygens (including phenoxy) is 1. The van der Waals surface area contributed by atoms with Gasteiger partial charge in [0, 0.05) is 5.92 Å². The second-order valence-electron chi connectivity index (χ2n) is 10.2. The maximum Gasteiger partial charge on any atom is 0.123 e. The van der Waals surface area contributed by atoms with E-state index in [1.807, 2.05) is 0 Å². The van der Waals surface area contributed by atoms with Gasteiger partial charge in [-0.3, -0.25) is 0 Å². The fraction of sp³-hybridized carbons (Fsp3) is 0.382. The third kappa shape index (κ3) is 6.27. The van der Waals surface area contributed by atoms with Crippen molar-refractivity contribution in [3.63, 3.8) is 0 Å². The molecule has 0 saturated heterocycles. The molecule has 36 heavy (non-hydrogen) atoms. The smallest absolute Gasteiger partial charge is 0.123 e. The first-order valence-corrected chi connectivity index (χ1v) is 13.1. The molecule has 2 heteroatoms. The molecule has 0 unspecified atom stereocenters. The number of hydrogen-bond donors (Lipinski definition) is 0. The molecule has 0 radical (unpaired) electrons. The number of aryl methyl sites for hydroxylation is 2. The Bertz CT molecular complexity index is 1150. The Morgan fingerprint density at radius 3 is 2.31 bits per heavy atom. The zero-order valence-electron chi connectivity index (χ0n) is 22.3. The number of carbonyl (C=O) groups is 1. The maximum absolute atomic E-state index is 9.79. The molecule has 3 aliphatic rings. The van der Waals surface area contributed by atoms with E-state index >= 15 is 0 Å². The molecule has 0 heterocycles. The first-order chi connectivity index (χ1) is 17.4. The zero-order valence-corrected chi connectivity index (χ0v) is 22.3. The lowest BCUT2D eigenvalue weighted by Gasteiger charge is -2.17. The second kappa shape index (κ2) is 12.6. The minimum absolute atomic E-state index is 0.435. The molecule has 2 nitrogen and oxygen atoms in total. The van der Waals surface area contributed by atoms with Crippen LogP contribution in [0.3, 0.4) is 0 Å². The van der Waals surface area contributed by atoms with Crippen LogP contribution in [0.15, 0.2) is 72.0 Å². The number of benzene rings is 2. The fourth-order valence-electron chi connectivity index (χ4n) is 5.37. The van der Waals surface area contributed by atoms with Crippen molar-refractivity contribution in [1.82, 2.24) is 0 Å². The minimum Gasteiger partial charge on any atom is -0.490 e. The molecule has 0 N–H and O–H groups in total. The monoisotopic (exact) mass is 480 g/mol. The van der Waals surface area contributed by atoms with Crippen LogP contribution in [-0.2, 0) is 16.1 Å². The summed E-state index contributed by atoms with van der Waals surface area (Å²) in [7, 11) is 0. The Hall–Kier alpha value is -3.31. The molecule has 2 atom stereocenters. The molecule has 0 amide bonds. The van der Waals surface area contributed by atoms with Crippen molar-refractivity contribution in [3.05, 3.63) is 94.3 Å². The summed E-state index contributed by atoms with van der Waals surface area (Å²) >= 11 is 0. The number of allylic oxidation sites excluding steroid dienone is 4. The van der Waals surface area contributed by atoms with Crippen LogP contribution in [-0.4, -0.2) is 6.29 Å². The summed E-state index contributed by atoms with van der Waals surface area (Å²) in [6.07, 6.45) is 19.6. The van der Waals surface area contributed by atoms with E-state index < -0.39 is 0 Å². The zero-order chi connectivity index (χ0) is 26.2. The average molecular weight is 481 g/mol. The maximum atomic E-state index is 9.79. The summed E-state index contributed by atoms with van der Waals surface area (Å²) in [4.78, 5) is 9.79. The van der Waals surface area contributed by atoms with E-state index in [1.165, 1.54) is 63.8 Å². The van der Waals surface area contributed by atoms with Crippen molar-refractivity contribution < 1.29 is 9.53 Å². The van der Waals surface area contributed by atoms with Gasteiger partial charge in [-0.05, 0) is 116 Å². The highest BCUT2D eigenvalue weighted by Crippen LogP contribution is 2.57. The van der Waals surface area contributed by atoms with E-state index in [2.05, 4.69) is 95.7 Å². The summed E-state index contributed by atoms with van der Waals surface area (Å²) in [5, 5.41) is 0. The van der Waals surface area contributed by atoms with Crippen LogP contribution >= 0.6 is 0 Å². The summed E-state index contributed by atoms with van der Waals surface area (Å²) in [5.74, 6) is 2.89. The number of carbonyl (C=O) groups excluding carboxylic acids is 1. The summed E-state index contributed by atoms with van der Waals surface area (Å²) in [5.41, 5.74) is 10.7. The molecular formula is C34H40O2. The number of terminal acetylenes is 1. The largest absolute Gasteiger partial charge is 0.490 e. The van der Waals surface area contributed by atoms with Crippen LogP contribution in [0.4, 0.5) is 0 Å². The van der Waals surface area contributed by atoms with Crippen molar-refractivity contribution in [2.24, 2.45) is 17.8 Å². The van der Waals surface area contributed by atoms with Crippen molar-refractivity contribution in [2.45, 2.75) is 66.4 Å². The molecule has 3 fully saturated rings. The van der Waals surface area contributed by atoms with Crippen LogP contribution < -0.4 is 0 Å². The third-order valence-electron chi connectivity index (χ3n) is 7.77. The molecule has 0 spiro atoms. The normalized spacial score (nSPS) is 21.8. The van der Waals surface area contributed by atoms with Gasteiger partial charge in [0.1, 0.15) is 18.7 Å². The summed E-state index contributed by atoms with van der Waals surface area (Å²) < 4.78 is 6.07. The van der Waals surface area contributed by atoms with Crippen LogP contribution in [0.25, 0.3) is 11.1 Å². The Kier molecular flexibility index (Phi) is 9.54. The van der Waals surface area contributed by atoms with Crippen LogP contribution in [0.2, 0.25) is 0 Å². The molecule has 0 aromatic heterocycles. The Labute approximate surface area is 218 Å². The molecule has 0 bridgehead atoms. The minimum atomic E-state index is 0.435. The molecule has 3 saturated carbocycles. The predicted molar refractivity (Wildman–Crippen MR) is 151 cm³/mol. The lowest BCUT2D eigenvalue weighted by Crippen LogP contribution is -2.10. The van der Waals surface area contributed by atoms with Gasteiger partial charge in [0.15, 0.2) is 0 Å². The molecule has 2 aromatic rings. The third-order valence-corrected chi connectivity index (χ3v) is 7.77. The van der Waals surface area contributed by atoms with Gasteiger partial charge in [0.2, 0.25) is 0 Å². The van der Waals surface area contributed by atoms with E-state index in [-0.39, 0.29) is 0 Å². The topological polar surface area (TPSA) is 26.3 Å². The molecule has 5 rings (SSSR count). The Balaban J connectivity index is 0.000000390. The van der Waals surface area contributed by atoms with Gasteiger partial charge < -0.3 is 9.53 Å². The number of rotatable bonds is 6. The highest BCUT2D eigenvalue weighted by atomic mass is 16.5. The average Bonchev–Trinajstić information content (AvgIpc) is 3.51. The van der Waals surface area contributed by atoms with E-state index in [0.717, 1.165) is 36.7 Å². The van der Waals surface area contributed by atoms with Crippen LogP contribution in [0, 0.1) is 51.4 Å². The van der Waals surface area contributed by atoms with Crippen LogP contribution in [0.1, 0.15) is 61.3 Å². The fourth-order valence-corrected chi connectivity index (χ4v) is 5.37. The SMILES string of the molecule is C#C.C=C(/C=C1/C[C@H]2C[C@H]2/C1=C/C)OCc1cccc(-c2c(C)cccc2C)c1C.O=CC1CCC1. The first kappa shape index (κ1) is 27.3. The van der Waals surface area contributed by atoms with Gasteiger partial charge in [-0.15, -0.1) is 12.8 Å². The number of fused-ring (bicyclic) bond motifs is 1. The van der Waals surface area contributed by atoms with Gasteiger partial charge in [-0.1, -0.05) is 55.5 Å². The second-order valence-corrected chi connectivity index (χ2v) is 10.2. The van der Waals surface area contributed by atoms with Crippen molar-refractivity contribution in [1.29, 1.82) is 0 Å². The van der Waals surface area contributed by atoms with E-state index in [0.29, 0.717) is 12.5 Å². The first-order valence-electron chi connectivity index (χ1n) is 13.1. The highest BCUT2D eigenvalue weighted by molar-refractivity contribution is 5.74. The lowest BCUT2D eigenvalue weighted by atomic mass is 9.87. The van der Waals surface area contributed by atoms with Crippen LogP contribution in [0.5, 0.6) is 0 Å². The summed E-state index contributed by atoms with van der Waals surface area (Å²) in [6.45, 7) is 13.4. The van der Waals surface area contributed by atoms with Crippen molar-refractivity contribution in [2.75, 3.05) is 0 Å². The Morgan fingerprint density at radius 1 is 1.08 bits per heavy atom. The van der Waals surface area contributed by atoms with Crippen molar-refractivity contribution >= 4 is 6.29 Å². The number of hydrogen-bond acceptors (Lipinski definition) is 2.